The Morgan fingerprint density at radius 2 is 1.82 bits per heavy atom. The standard InChI is InChI=1S/C46H63BN4O11/c1-8-9-25-56-42(54)40-36(18-17-33(41(40)59-43(55)60-44(2,3)4)20-23-47-61-37-19-22-45(5,6)31-46(37,7)62-47)58-35-28-50(29-35)38(52)26-34-27-51(49-48-34)24-21-39(53)57-30-32-15-13-11-10-12-14-16-32/h10-11,14-18,27,35,37H,8-9,12-13,19-26,28-31H2,1-7H3/b11-10-,16-14?,32-15?. The van der Waals surface area contributed by atoms with Crippen LogP contribution in [0.5, 0.6) is 11.5 Å². The number of benzene rings is 1. The van der Waals surface area contributed by atoms with Crippen LogP contribution in [0.4, 0.5) is 4.79 Å². The highest BCUT2D eigenvalue weighted by molar-refractivity contribution is 6.45. The van der Waals surface area contributed by atoms with E-state index in [0.29, 0.717) is 30.4 Å². The topological polar surface area (TPSA) is 167 Å². The highest BCUT2D eigenvalue weighted by Gasteiger charge is 2.53. The van der Waals surface area contributed by atoms with E-state index in [1.54, 1.807) is 44.0 Å². The van der Waals surface area contributed by atoms with E-state index in [4.69, 9.17) is 33.0 Å². The van der Waals surface area contributed by atoms with Gasteiger partial charge in [0, 0.05) is 6.20 Å². The van der Waals surface area contributed by atoms with Crippen LogP contribution in [-0.2, 0) is 52.5 Å². The fraction of sp³-hybridized carbons (Fsp3) is 0.609. The molecule has 15 nitrogen and oxygen atoms in total. The predicted molar refractivity (Wildman–Crippen MR) is 231 cm³/mol. The fourth-order valence-corrected chi connectivity index (χ4v) is 8.19. The molecule has 0 radical (unpaired) electrons. The van der Waals surface area contributed by atoms with Crippen molar-refractivity contribution in [2.45, 2.75) is 149 Å². The van der Waals surface area contributed by atoms with E-state index >= 15 is 0 Å². The molecule has 3 fully saturated rings. The monoisotopic (exact) mass is 858 g/mol. The van der Waals surface area contributed by atoms with E-state index in [-0.39, 0.29) is 86.1 Å². The first-order chi connectivity index (χ1) is 29.5. The largest absolute Gasteiger partial charge is 0.514 e. The van der Waals surface area contributed by atoms with Crippen LogP contribution < -0.4 is 9.47 Å². The number of unbranched alkanes of at least 4 members (excludes halogenated alkanes) is 1. The summed E-state index contributed by atoms with van der Waals surface area (Å²) in [6, 6.07) is 3.44. The third-order valence-electron chi connectivity index (χ3n) is 11.3. The summed E-state index contributed by atoms with van der Waals surface area (Å²) in [4.78, 5) is 54.4. The summed E-state index contributed by atoms with van der Waals surface area (Å²) >= 11 is 0. The zero-order chi connectivity index (χ0) is 44.5. The van der Waals surface area contributed by atoms with Gasteiger partial charge in [0.1, 0.15) is 29.6 Å². The smallest absolute Gasteiger partial charge is 0.486 e. The number of allylic oxidation sites excluding steroid dienone is 4. The predicted octanol–water partition coefficient (Wildman–Crippen LogP) is 7.56. The molecule has 2 unspecified atom stereocenters. The summed E-state index contributed by atoms with van der Waals surface area (Å²) < 4.78 is 43.3. The Morgan fingerprint density at radius 3 is 2.60 bits per heavy atom. The number of aromatic nitrogens is 3. The van der Waals surface area contributed by atoms with Crippen LogP contribution in [0.25, 0.3) is 0 Å². The maximum absolute atomic E-state index is 13.9. The summed E-state index contributed by atoms with van der Waals surface area (Å²) in [6.45, 7) is 14.9. The first kappa shape index (κ1) is 46.5. The molecule has 6 rings (SSSR count). The van der Waals surface area contributed by atoms with Crippen molar-refractivity contribution in [1.29, 1.82) is 0 Å². The summed E-state index contributed by atoms with van der Waals surface area (Å²) in [6.07, 6.45) is 17.3. The molecule has 2 aromatic rings. The summed E-state index contributed by atoms with van der Waals surface area (Å²) in [5, 5.41) is 8.22. The number of nitrogens with zero attached hydrogens (tertiary/aromatic N) is 4. The molecule has 3 heterocycles. The van der Waals surface area contributed by atoms with E-state index in [0.717, 1.165) is 44.1 Å². The van der Waals surface area contributed by atoms with Crippen LogP contribution in [0.1, 0.15) is 121 Å². The number of ether oxygens (including phenoxy) is 5. The highest BCUT2D eigenvalue weighted by Crippen LogP contribution is 2.48. The lowest BCUT2D eigenvalue weighted by Crippen LogP contribution is -2.56. The van der Waals surface area contributed by atoms with Crippen molar-refractivity contribution < 1.29 is 52.2 Å². The SMILES string of the molecule is CCCCOC(=O)c1c(OC2CN(C(=O)Cc3cn(CCC(=O)OCC4=CC/C=C\CC=C4)nn3)C2)ccc(CCB2OC3CCC(C)(C)CC3(C)O2)c1OC(=O)OC(C)(C)C. The van der Waals surface area contributed by atoms with Gasteiger partial charge in [0.05, 0.1) is 56.5 Å². The van der Waals surface area contributed by atoms with E-state index in [1.807, 2.05) is 25.2 Å². The Morgan fingerprint density at radius 1 is 1.03 bits per heavy atom. The number of likely N-dealkylation sites (tertiary alicyclic amines) is 1. The quantitative estimate of drug-likeness (QED) is 0.0382. The zero-order valence-electron chi connectivity index (χ0n) is 37.4. The van der Waals surface area contributed by atoms with E-state index in [1.165, 1.54) is 4.68 Å². The minimum Gasteiger partial charge on any atom is -0.486 e. The minimum absolute atomic E-state index is 0.00757. The summed E-state index contributed by atoms with van der Waals surface area (Å²) in [7, 11) is -0.476. The number of carbonyl (C=O) groups is 4. The zero-order valence-corrected chi connectivity index (χ0v) is 37.4. The number of hydrogen-bond donors (Lipinski definition) is 0. The molecule has 2 aliphatic heterocycles. The molecule has 62 heavy (non-hydrogen) atoms. The van der Waals surface area contributed by atoms with Crippen molar-refractivity contribution in [2.24, 2.45) is 5.41 Å². The molecular weight excluding hydrogens is 795 g/mol. The summed E-state index contributed by atoms with van der Waals surface area (Å²) in [5.41, 5.74) is 0.843. The molecular formula is C46H63BN4O11. The molecule has 1 saturated carbocycles. The molecule has 1 amide bonds. The third-order valence-corrected chi connectivity index (χ3v) is 11.3. The van der Waals surface area contributed by atoms with Gasteiger partial charge < -0.3 is 37.9 Å². The van der Waals surface area contributed by atoms with Gasteiger partial charge in [-0.15, -0.1) is 5.10 Å². The lowest BCUT2D eigenvalue weighted by Gasteiger charge is -2.43. The van der Waals surface area contributed by atoms with Crippen molar-refractivity contribution >= 4 is 31.1 Å². The number of esters is 2. The first-order valence-corrected chi connectivity index (χ1v) is 22.1. The van der Waals surface area contributed by atoms with E-state index in [9.17, 15) is 19.2 Å². The molecule has 0 spiro atoms. The maximum Gasteiger partial charge on any atom is 0.514 e. The van der Waals surface area contributed by atoms with Crippen LogP contribution in [0.15, 0.2) is 54.3 Å². The van der Waals surface area contributed by atoms with Gasteiger partial charge >= 0.3 is 25.2 Å². The number of amides is 1. The second-order valence-corrected chi connectivity index (χ2v) is 18.6. The van der Waals surface area contributed by atoms with Gasteiger partial charge in [-0.3, -0.25) is 14.3 Å². The van der Waals surface area contributed by atoms with Crippen molar-refractivity contribution in [3.63, 3.8) is 0 Å². The van der Waals surface area contributed by atoms with Crippen molar-refractivity contribution in [3.8, 4) is 11.5 Å². The second kappa shape index (κ2) is 20.5. The maximum atomic E-state index is 13.9. The van der Waals surface area contributed by atoms with Crippen molar-refractivity contribution in [1.82, 2.24) is 19.9 Å². The second-order valence-electron chi connectivity index (χ2n) is 18.6. The fourth-order valence-electron chi connectivity index (χ4n) is 8.19. The van der Waals surface area contributed by atoms with Gasteiger partial charge in [-0.1, -0.05) is 68.9 Å². The van der Waals surface area contributed by atoms with Crippen molar-refractivity contribution in [3.05, 3.63) is 71.1 Å². The average molecular weight is 859 g/mol. The number of fused-ring (bicyclic) bond motifs is 1. The van der Waals surface area contributed by atoms with Crippen LogP contribution in [0.3, 0.4) is 0 Å². The molecule has 336 valence electrons. The van der Waals surface area contributed by atoms with Crippen LogP contribution in [0.2, 0.25) is 6.32 Å². The molecule has 16 heteroatoms. The third kappa shape index (κ3) is 13.0. The van der Waals surface area contributed by atoms with Gasteiger partial charge in [0.2, 0.25) is 5.91 Å². The van der Waals surface area contributed by atoms with Gasteiger partial charge in [-0.25, -0.2) is 9.59 Å². The summed E-state index contributed by atoms with van der Waals surface area (Å²) in [5.74, 6) is -1.07. The Kier molecular flexibility index (Phi) is 15.4. The first-order valence-electron chi connectivity index (χ1n) is 22.1. The molecule has 1 aromatic heterocycles. The molecule has 2 atom stereocenters. The lowest BCUT2D eigenvalue weighted by atomic mass is 9.69. The number of hydrogen-bond acceptors (Lipinski definition) is 13. The molecule has 0 N–H and O–H groups in total. The number of aryl methyl sites for hydroxylation is 2. The van der Waals surface area contributed by atoms with Crippen molar-refractivity contribution in [2.75, 3.05) is 26.3 Å². The van der Waals surface area contributed by atoms with Gasteiger partial charge in [0.25, 0.3) is 0 Å². The molecule has 4 aliphatic rings. The van der Waals surface area contributed by atoms with Crippen LogP contribution >= 0.6 is 0 Å². The Hall–Kier alpha value is -4.96. The average Bonchev–Trinajstić information content (AvgIpc) is 3.75. The molecule has 0 bridgehead atoms. The van der Waals surface area contributed by atoms with E-state index in [2.05, 4.69) is 43.2 Å². The highest BCUT2D eigenvalue weighted by atomic mass is 16.7. The van der Waals surface area contributed by atoms with Crippen LogP contribution in [0, 0.1) is 5.41 Å². The van der Waals surface area contributed by atoms with Gasteiger partial charge in [-0.05, 0) is 102 Å². The Bertz CT molecular complexity index is 2010. The van der Waals surface area contributed by atoms with Gasteiger partial charge in [0.15, 0.2) is 5.75 Å². The molecule has 2 saturated heterocycles. The van der Waals surface area contributed by atoms with Gasteiger partial charge in [-0.2, -0.15) is 0 Å². The Balaban J connectivity index is 1.08. The normalized spacial score (nSPS) is 21.5. The lowest BCUT2D eigenvalue weighted by molar-refractivity contribution is -0.143. The Labute approximate surface area is 365 Å². The molecule has 1 aromatic carbocycles. The van der Waals surface area contributed by atoms with E-state index < -0.39 is 36.5 Å². The van der Waals surface area contributed by atoms with Crippen LogP contribution in [-0.4, -0.2) is 101 Å². The molecule has 2 aliphatic carbocycles. The minimum atomic E-state index is -0.973. The number of rotatable bonds is 17. The number of carbonyl (C=O) groups excluding carboxylic acids is 4.